The fourth-order valence-electron chi connectivity index (χ4n) is 2.74. The van der Waals surface area contributed by atoms with Crippen LogP contribution in [0.25, 0.3) is 0 Å². The molecular weight excluding hydrogens is 368 g/mol. The normalized spacial score (nSPS) is 12.2. The number of para-hydroxylation sites is 1. The molecule has 3 N–H and O–H groups in total. The zero-order valence-corrected chi connectivity index (χ0v) is 15.1. The van der Waals surface area contributed by atoms with Crippen LogP contribution in [0.4, 0.5) is 17.1 Å². The highest BCUT2D eigenvalue weighted by molar-refractivity contribution is 7.92. The van der Waals surface area contributed by atoms with Gasteiger partial charge in [0.15, 0.2) is 11.5 Å². The van der Waals surface area contributed by atoms with Gasteiger partial charge in [-0.3, -0.25) is 4.72 Å². The van der Waals surface area contributed by atoms with Crippen LogP contribution in [0.15, 0.2) is 65.6 Å². The number of anilines is 3. The maximum absolute atomic E-state index is 12.7. The standard InChI is InChI=1S/C19H16N2O5S/c1-25-13-6-8-14(9-7-13)27(23,24)21-16-3-2-4-17-19(16)20-15-10-5-12(22)11-18(15)26-17/h2-11,20-22H,1H3. The van der Waals surface area contributed by atoms with E-state index in [-0.39, 0.29) is 10.6 Å². The third-order valence-corrected chi connectivity index (χ3v) is 5.47. The van der Waals surface area contributed by atoms with Gasteiger partial charge in [-0.05, 0) is 48.5 Å². The largest absolute Gasteiger partial charge is 0.508 e. The Labute approximate surface area is 156 Å². The summed E-state index contributed by atoms with van der Waals surface area (Å²) in [4.78, 5) is 0.114. The van der Waals surface area contributed by atoms with Gasteiger partial charge < -0.3 is 19.9 Å². The summed E-state index contributed by atoms with van der Waals surface area (Å²) >= 11 is 0. The number of sulfonamides is 1. The highest BCUT2D eigenvalue weighted by Crippen LogP contribution is 2.46. The quantitative estimate of drug-likeness (QED) is 0.459. The zero-order chi connectivity index (χ0) is 19.0. The van der Waals surface area contributed by atoms with E-state index in [1.54, 1.807) is 36.4 Å². The molecule has 0 aliphatic carbocycles. The Morgan fingerprint density at radius 2 is 1.81 bits per heavy atom. The van der Waals surface area contributed by atoms with Crippen molar-refractivity contribution in [3.05, 3.63) is 60.7 Å². The van der Waals surface area contributed by atoms with E-state index in [0.717, 1.165) is 0 Å². The van der Waals surface area contributed by atoms with E-state index in [1.807, 2.05) is 0 Å². The molecule has 27 heavy (non-hydrogen) atoms. The summed E-state index contributed by atoms with van der Waals surface area (Å²) in [5.41, 5.74) is 1.46. The molecule has 0 atom stereocenters. The van der Waals surface area contributed by atoms with Crippen molar-refractivity contribution in [2.75, 3.05) is 17.1 Å². The summed E-state index contributed by atoms with van der Waals surface area (Å²) in [7, 11) is -2.28. The molecule has 0 saturated heterocycles. The van der Waals surface area contributed by atoms with Gasteiger partial charge in [-0.1, -0.05) is 6.07 Å². The lowest BCUT2D eigenvalue weighted by molar-refractivity contribution is 0.414. The van der Waals surface area contributed by atoms with Gasteiger partial charge in [0.1, 0.15) is 17.2 Å². The molecule has 8 heteroatoms. The summed E-state index contributed by atoms with van der Waals surface area (Å²) < 4.78 is 38.9. The van der Waals surface area contributed by atoms with Gasteiger partial charge in [0, 0.05) is 6.07 Å². The first-order valence-electron chi connectivity index (χ1n) is 8.04. The highest BCUT2D eigenvalue weighted by Gasteiger charge is 2.23. The summed E-state index contributed by atoms with van der Waals surface area (Å²) in [6.45, 7) is 0. The SMILES string of the molecule is COc1ccc(S(=O)(=O)Nc2cccc3c2Nc2ccc(O)cc2O3)cc1. The maximum Gasteiger partial charge on any atom is 0.261 e. The zero-order valence-electron chi connectivity index (χ0n) is 14.3. The van der Waals surface area contributed by atoms with E-state index < -0.39 is 10.0 Å². The Bertz CT molecular complexity index is 1110. The number of phenols is 1. The topological polar surface area (TPSA) is 96.9 Å². The number of rotatable bonds is 4. The summed E-state index contributed by atoms with van der Waals surface area (Å²) in [6, 6.07) is 15.8. The number of hydrogen-bond donors (Lipinski definition) is 3. The molecule has 0 aromatic heterocycles. The molecular formula is C19H16N2O5S. The lowest BCUT2D eigenvalue weighted by Gasteiger charge is -2.24. The van der Waals surface area contributed by atoms with E-state index in [0.29, 0.717) is 34.3 Å². The molecule has 7 nitrogen and oxygen atoms in total. The predicted octanol–water partition coefficient (Wildman–Crippen LogP) is 4.05. The minimum absolute atomic E-state index is 0.0790. The van der Waals surface area contributed by atoms with E-state index >= 15 is 0 Å². The van der Waals surface area contributed by atoms with Gasteiger partial charge in [-0.15, -0.1) is 0 Å². The van der Waals surface area contributed by atoms with Crippen LogP contribution in [-0.4, -0.2) is 20.6 Å². The number of fused-ring (bicyclic) bond motifs is 2. The van der Waals surface area contributed by atoms with Gasteiger partial charge in [-0.25, -0.2) is 8.42 Å². The monoisotopic (exact) mass is 384 g/mol. The van der Waals surface area contributed by atoms with Crippen molar-refractivity contribution >= 4 is 27.1 Å². The number of hydrogen-bond acceptors (Lipinski definition) is 6. The van der Waals surface area contributed by atoms with Crippen molar-refractivity contribution < 1.29 is 23.0 Å². The summed E-state index contributed by atoms with van der Waals surface area (Å²) in [5.74, 6) is 1.55. The molecule has 1 heterocycles. The molecule has 1 aliphatic heterocycles. The van der Waals surface area contributed by atoms with Gasteiger partial charge in [-0.2, -0.15) is 0 Å². The molecule has 0 spiro atoms. The molecule has 0 unspecified atom stereocenters. The van der Waals surface area contributed by atoms with E-state index in [4.69, 9.17) is 9.47 Å². The lowest BCUT2D eigenvalue weighted by atomic mass is 10.2. The number of ether oxygens (including phenoxy) is 2. The van der Waals surface area contributed by atoms with Gasteiger partial charge in [0.2, 0.25) is 0 Å². The number of nitrogens with one attached hydrogen (secondary N) is 2. The van der Waals surface area contributed by atoms with Crippen LogP contribution in [0.5, 0.6) is 23.0 Å². The van der Waals surface area contributed by atoms with Crippen LogP contribution in [0.2, 0.25) is 0 Å². The number of aromatic hydroxyl groups is 1. The third-order valence-electron chi connectivity index (χ3n) is 4.09. The Morgan fingerprint density at radius 1 is 1.04 bits per heavy atom. The van der Waals surface area contributed by atoms with Crippen LogP contribution < -0.4 is 19.5 Å². The second-order valence-electron chi connectivity index (χ2n) is 5.87. The molecule has 0 saturated carbocycles. The van der Waals surface area contributed by atoms with Crippen molar-refractivity contribution in [1.82, 2.24) is 0 Å². The molecule has 3 aromatic rings. The second kappa shape index (κ2) is 6.40. The minimum atomic E-state index is -3.80. The minimum Gasteiger partial charge on any atom is -0.508 e. The first-order chi connectivity index (χ1) is 13.0. The molecule has 0 fully saturated rings. The molecule has 4 rings (SSSR count). The fourth-order valence-corrected chi connectivity index (χ4v) is 3.81. The van der Waals surface area contributed by atoms with Gasteiger partial charge in [0.05, 0.1) is 23.4 Å². The van der Waals surface area contributed by atoms with Crippen molar-refractivity contribution in [1.29, 1.82) is 0 Å². The third kappa shape index (κ3) is 3.22. The Kier molecular flexibility index (Phi) is 4.04. The average molecular weight is 384 g/mol. The first kappa shape index (κ1) is 17.0. The second-order valence-corrected chi connectivity index (χ2v) is 7.55. The van der Waals surface area contributed by atoms with Crippen molar-refractivity contribution in [2.45, 2.75) is 4.90 Å². The first-order valence-corrected chi connectivity index (χ1v) is 9.52. The fraction of sp³-hybridized carbons (Fsp3) is 0.0526. The van der Waals surface area contributed by atoms with Crippen LogP contribution in [0.1, 0.15) is 0 Å². The molecule has 0 radical (unpaired) electrons. The van der Waals surface area contributed by atoms with Crippen molar-refractivity contribution in [3.63, 3.8) is 0 Å². The van der Waals surface area contributed by atoms with E-state index in [1.165, 1.54) is 31.4 Å². The Balaban J connectivity index is 1.67. The van der Waals surface area contributed by atoms with Crippen LogP contribution in [0, 0.1) is 0 Å². The van der Waals surface area contributed by atoms with Gasteiger partial charge >= 0.3 is 0 Å². The van der Waals surface area contributed by atoms with E-state index in [2.05, 4.69) is 10.0 Å². The maximum atomic E-state index is 12.7. The van der Waals surface area contributed by atoms with Crippen molar-refractivity contribution in [2.24, 2.45) is 0 Å². The van der Waals surface area contributed by atoms with Crippen LogP contribution >= 0.6 is 0 Å². The van der Waals surface area contributed by atoms with Crippen molar-refractivity contribution in [3.8, 4) is 23.0 Å². The Hall–Kier alpha value is -3.39. The molecule has 0 bridgehead atoms. The number of phenolic OH excluding ortho intramolecular Hbond substituents is 1. The summed E-state index contributed by atoms with van der Waals surface area (Å²) in [6.07, 6.45) is 0. The van der Waals surface area contributed by atoms with E-state index in [9.17, 15) is 13.5 Å². The molecule has 3 aromatic carbocycles. The predicted molar refractivity (Wildman–Crippen MR) is 102 cm³/mol. The number of methoxy groups -OCH3 is 1. The Morgan fingerprint density at radius 3 is 2.56 bits per heavy atom. The van der Waals surface area contributed by atoms with Gasteiger partial charge in [0.25, 0.3) is 10.0 Å². The lowest BCUT2D eigenvalue weighted by Crippen LogP contribution is -2.15. The molecule has 138 valence electrons. The number of benzene rings is 3. The summed E-state index contributed by atoms with van der Waals surface area (Å²) in [5, 5.41) is 12.7. The molecule has 1 aliphatic rings. The smallest absolute Gasteiger partial charge is 0.261 e. The molecule has 0 amide bonds. The highest BCUT2D eigenvalue weighted by atomic mass is 32.2. The average Bonchev–Trinajstić information content (AvgIpc) is 2.66. The van der Waals surface area contributed by atoms with Crippen LogP contribution in [-0.2, 0) is 10.0 Å². The van der Waals surface area contributed by atoms with Crippen LogP contribution in [0.3, 0.4) is 0 Å².